The van der Waals surface area contributed by atoms with Gasteiger partial charge in [0.05, 0.1) is 13.2 Å². The van der Waals surface area contributed by atoms with Gasteiger partial charge in [-0.05, 0) is 17.7 Å². The fourth-order valence-electron chi connectivity index (χ4n) is 1.72. The number of benzene rings is 1. The average molecular weight is 260 g/mol. The maximum atomic E-state index is 6.19. The lowest BCUT2D eigenvalue weighted by Gasteiger charge is -2.12. The maximum absolute atomic E-state index is 6.19. The molecule has 0 saturated carbocycles. The second-order valence-electron chi connectivity index (χ2n) is 5.55. The lowest BCUT2D eigenvalue weighted by Crippen LogP contribution is -2.16. The molecule has 2 rings (SSSR count). The fourth-order valence-corrected chi connectivity index (χ4v) is 1.72. The van der Waals surface area contributed by atoms with Gasteiger partial charge in [-0.3, -0.25) is 5.10 Å². The minimum absolute atomic E-state index is 0.0889. The van der Waals surface area contributed by atoms with E-state index >= 15 is 0 Å². The van der Waals surface area contributed by atoms with Gasteiger partial charge in [0.1, 0.15) is 11.6 Å². The zero-order chi connectivity index (χ0) is 14.0. The zero-order valence-corrected chi connectivity index (χ0v) is 11.8. The van der Waals surface area contributed by atoms with Crippen molar-refractivity contribution in [2.75, 3.05) is 7.11 Å². The molecular weight excluding hydrogens is 240 g/mol. The Labute approximate surface area is 113 Å². The molecule has 1 aromatic carbocycles. The first kappa shape index (κ1) is 13.5. The summed E-state index contributed by atoms with van der Waals surface area (Å²) >= 11 is 0. The molecule has 102 valence electrons. The van der Waals surface area contributed by atoms with E-state index in [0.717, 1.165) is 17.1 Å². The lowest BCUT2D eigenvalue weighted by molar-refractivity contribution is 0.414. The number of hydrogen-bond acceptors (Lipinski definition) is 4. The predicted octanol–water partition coefficient (Wildman–Crippen LogP) is 2.16. The van der Waals surface area contributed by atoms with Crippen LogP contribution in [-0.4, -0.2) is 22.3 Å². The second-order valence-corrected chi connectivity index (χ2v) is 5.55. The van der Waals surface area contributed by atoms with Crippen LogP contribution in [0.1, 0.15) is 44.0 Å². The van der Waals surface area contributed by atoms with Gasteiger partial charge in [-0.15, -0.1) is 0 Å². The summed E-state index contributed by atoms with van der Waals surface area (Å²) in [5.41, 5.74) is 7.07. The van der Waals surface area contributed by atoms with Crippen LogP contribution < -0.4 is 10.5 Å². The van der Waals surface area contributed by atoms with Crippen LogP contribution in [0.5, 0.6) is 5.75 Å². The van der Waals surface area contributed by atoms with Crippen molar-refractivity contribution in [2.45, 2.75) is 32.2 Å². The van der Waals surface area contributed by atoms with Gasteiger partial charge in [0.2, 0.25) is 0 Å². The summed E-state index contributed by atoms with van der Waals surface area (Å²) < 4.78 is 5.13. The number of hydrogen-bond donors (Lipinski definition) is 2. The largest absolute Gasteiger partial charge is 0.497 e. The van der Waals surface area contributed by atoms with Crippen molar-refractivity contribution < 1.29 is 4.74 Å². The van der Waals surface area contributed by atoms with Crippen LogP contribution in [0.2, 0.25) is 0 Å². The molecule has 0 aliphatic heterocycles. The summed E-state index contributed by atoms with van der Waals surface area (Å²) in [4.78, 5) is 4.48. The summed E-state index contributed by atoms with van der Waals surface area (Å²) in [5, 5.41) is 7.15. The smallest absolute Gasteiger partial charge is 0.156 e. The molecule has 2 aromatic rings. The minimum Gasteiger partial charge on any atom is -0.497 e. The molecule has 5 nitrogen and oxygen atoms in total. The van der Waals surface area contributed by atoms with Crippen molar-refractivity contribution in [3.05, 3.63) is 41.5 Å². The van der Waals surface area contributed by atoms with Crippen LogP contribution in [-0.2, 0) is 5.41 Å². The Morgan fingerprint density at radius 3 is 2.32 bits per heavy atom. The lowest BCUT2D eigenvalue weighted by atomic mass is 9.96. The van der Waals surface area contributed by atoms with E-state index in [-0.39, 0.29) is 11.5 Å². The van der Waals surface area contributed by atoms with Crippen molar-refractivity contribution in [1.29, 1.82) is 0 Å². The summed E-state index contributed by atoms with van der Waals surface area (Å²) in [6, 6.07) is 7.33. The number of nitrogens with zero attached hydrogens (tertiary/aromatic N) is 2. The van der Waals surface area contributed by atoms with Crippen molar-refractivity contribution in [3.63, 3.8) is 0 Å². The Bertz CT molecular complexity index is 539. The first-order valence-corrected chi connectivity index (χ1v) is 6.24. The van der Waals surface area contributed by atoms with Gasteiger partial charge >= 0.3 is 0 Å². The Kier molecular flexibility index (Phi) is 3.57. The molecule has 0 aliphatic rings. The minimum atomic E-state index is -0.311. The first-order valence-electron chi connectivity index (χ1n) is 6.24. The Hall–Kier alpha value is -1.88. The number of ether oxygens (including phenoxy) is 1. The topological polar surface area (TPSA) is 76.8 Å². The Morgan fingerprint density at radius 2 is 1.84 bits per heavy atom. The number of nitrogens with one attached hydrogen (secondary N) is 1. The quantitative estimate of drug-likeness (QED) is 0.886. The summed E-state index contributed by atoms with van der Waals surface area (Å²) in [6.45, 7) is 6.20. The molecule has 0 amide bonds. The summed E-state index contributed by atoms with van der Waals surface area (Å²) in [7, 11) is 1.64. The van der Waals surface area contributed by atoms with Crippen molar-refractivity contribution in [1.82, 2.24) is 15.2 Å². The molecule has 1 aromatic heterocycles. The van der Waals surface area contributed by atoms with E-state index in [1.165, 1.54) is 0 Å². The average Bonchev–Trinajstić information content (AvgIpc) is 2.87. The van der Waals surface area contributed by atoms with Crippen LogP contribution in [0.4, 0.5) is 0 Å². The van der Waals surface area contributed by atoms with E-state index in [2.05, 4.69) is 36.0 Å². The fraction of sp³-hybridized carbons (Fsp3) is 0.429. The third-order valence-electron chi connectivity index (χ3n) is 2.94. The SMILES string of the molecule is COc1ccc([C@@H](N)c2nc(C(C)(C)C)n[nH]2)cc1. The molecule has 0 unspecified atom stereocenters. The van der Waals surface area contributed by atoms with E-state index in [4.69, 9.17) is 10.5 Å². The number of aromatic amines is 1. The molecule has 1 heterocycles. The highest BCUT2D eigenvalue weighted by molar-refractivity contribution is 5.31. The van der Waals surface area contributed by atoms with Crippen LogP contribution in [0.3, 0.4) is 0 Å². The van der Waals surface area contributed by atoms with Crippen molar-refractivity contribution in [3.8, 4) is 5.75 Å². The van der Waals surface area contributed by atoms with Gasteiger partial charge in [-0.25, -0.2) is 4.98 Å². The van der Waals surface area contributed by atoms with Crippen LogP contribution in [0.25, 0.3) is 0 Å². The maximum Gasteiger partial charge on any atom is 0.156 e. The highest BCUT2D eigenvalue weighted by Gasteiger charge is 2.21. The Balaban J connectivity index is 2.23. The molecule has 0 spiro atoms. The van der Waals surface area contributed by atoms with Gasteiger partial charge < -0.3 is 10.5 Å². The predicted molar refractivity (Wildman–Crippen MR) is 74.1 cm³/mol. The van der Waals surface area contributed by atoms with Crippen LogP contribution >= 0.6 is 0 Å². The first-order chi connectivity index (χ1) is 8.91. The van der Waals surface area contributed by atoms with Crippen molar-refractivity contribution >= 4 is 0 Å². The molecule has 0 aliphatic carbocycles. The molecule has 0 bridgehead atoms. The van der Waals surface area contributed by atoms with E-state index in [1.807, 2.05) is 24.3 Å². The highest BCUT2D eigenvalue weighted by atomic mass is 16.5. The second kappa shape index (κ2) is 5.01. The van der Waals surface area contributed by atoms with Gasteiger partial charge in [-0.1, -0.05) is 32.9 Å². The highest BCUT2D eigenvalue weighted by Crippen LogP contribution is 2.22. The standard InChI is InChI=1S/C14H20N4O/c1-14(2,3)13-16-12(17-18-13)11(15)9-5-7-10(19-4)8-6-9/h5-8,11H,15H2,1-4H3,(H,16,17,18)/t11-/m1/s1. The van der Waals surface area contributed by atoms with Gasteiger partial charge in [0.25, 0.3) is 0 Å². The third kappa shape index (κ3) is 2.93. The van der Waals surface area contributed by atoms with Gasteiger partial charge in [0, 0.05) is 5.41 Å². The van der Waals surface area contributed by atoms with E-state index in [0.29, 0.717) is 5.82 Å². The summed E-state index contributed by atoms with van der Waals surface area (Å²) in [6.07, 6.45) is 0. The van der Waals surface area contributed by atoms with E-state index in [9.17, 15) is 0 Å². The molecule has 5 heteroatoms. The molecule has 0 radical (unpaired) electrons. The molecule has 3 N–H and O–H groups in total. The molecule has 0 fully saturated rings. The van der Waals surface area contributed by atoms with Gasteiger partial charge in [-0.2, -0.15) is 5.10 Å². The van der Waals surface area contributed by atoms with Crippen molar-refractivity contribution in [2.24, 2.45) is 5.73 Å². The zero-order valence-electron chi connectivity index (χ0n) is 11.8. The van der Waals surface area contributed by atoms with Gasteiger partial charge in [0.15, 0.2) is 5.82 Å². The Morgan fingerprint density at radius 1 is 1.21 bits per heavy atom. The summed E-state index contributed by atoms with van der Waals surface area (Å²) in [5.74, 6) is 2.26. The number of aromatic nitrogens is 3. The van der Waals surface area contributed by atoms with Crippen LogP contribution in [0.15, 0.2) is 24.3 Å². The normalized spacial score (nSPS) is 13.3. The molecule has 0 saturated heterocycles. The number of methoxy groups -OCH3 is 1. The third-order valence-corrected chi connectivity index (χ3v) is 2.94. The number of rotatable bonds is 3. The van der Waals surface area contributed by atoms with E-state index < -0.39 is 0 Å². The van der Waals surface area contributed by atoms with E-state index in [1.54, 1.807) is 7.11 Å². The molecule has 1 atom stereocenters. The molecular formula is C14H20N4O. The monoisotopic (exact) mass is 260 g/mol. The molecule has 19 heavy (non-hydrogen) atoms. The number of H-pyrrole nitrogens is 1. The number of nitrogens with two attached hydrogens (primary N) is 1. The van der Waals surface area contributed by atoms with Crippen LogP contribution in [0, 0.1) is 0 Å².